The molecule has 0 atom stereocenters. The van der Waals surface area contributed by atoms with Crippen molar-refractivity contribution in [3.05, 3.63) is 64.4 Å². The van der Waals surface area contributed by atoms with E-state index in [0.29, 0.717) is 17.1 Å². The summed E-state index contributed by atoms with van der Waals surface area (Å²) in [5, 5.41) is 0. The van der Waals surface area contributed by atoms with Gasteiger partial charge in [-0.25, -0.2) is 0 Å². The average Bonchev–Trinajstić information content (AvgIpc) is 2.85. The lowest BCUT2D eigenvalue weighted by Crippen LogP contribution is -2.25. The van der Waals surface area contributed by atoms with Gasteiger partial charge < -0.3 is 9.47 Å². The molecule has 3 rings (SSSR count). The molecule has 2 aromatic rings. The summed E-state index contributed by atoms with van der Waals surface area (Å²) in [6, 6.07) is 11.1. The van der Waals surface area contributed by atoms with Crippen molar-refractivity contribution >= 4 is 17.8 Å². The molecular weight excluding hydrogens is 328 g/mol. The van der Waals surface area contributed by atoms with Crippen LogP contribution in [0.2, 0.25) is 0 Å². The van der Waals surface area contributed by atoms with Crippen LogP contribution in [0, 0.1) is 19.3 Å². The second-order valence-corrected chi connectivity index (χ2v) is 7.60. The molecule has 1 heterocycles. The standard InChI is InChI=1S/C22H22O4/c1-13-6-8-15(9-7-13)11-18-20(23)19-14(2)10-16(12-17(19)26-18)25-21(24)22(3,4)5/h6-12H,1-5H3/b18-11-. The fourth-order valence-electron chi connectivity index (χ4n) is 2.61. The molecule has 0 unspecified atom stereocenters. The summed E-state index contributed by atoms with van der Waals surface area (Å²) in [5.41, 5.74) is 2.66. The van der Waals surface area contributed by atoms with Gasteiger partial charge in [-0.2, -0.15) is 0 Å². The van der Waals surface area contributed by atoms with Crippen LogP contribution in [0.5, 0.6) is 11.5 Å². The Morgan fingerprint density at radius 1 is 1.08 bits per heavy atom. The highest BCUT2D eigenvalue weighted by molar-refractivity contribution is 6.15. The van der Waals surface area contributed by atoms with E-state index in [0.717, 1.165) is 16.7 Å². The van der Waals surface area contributed by atoms with Gasteiger partial charge in [0.05, 0.1) is 11.0 Å². The third kappa shape index (κ3) is 3.54. The van der Waals surface area contributed by atoms with Crippen molar-refractivity contribution < 1.29 is 19.1 Å². The summed E-state index contributed by atoms with van der Waals surface area (Å²) < 4.78 is 11.2. The van der Waals surface area contributed by atoms with Gasteiger partial charge in [0.25, 0.3) is 0 Å². The maximum Gasteiger partial charge on any atom is 0.316 e. The van der Waals surface area contributed by atoms with Crippen LogP contribution in [0.1, 0.15) is 47.8 Å². The van der Waals surface area contributed by atoms with Crippen LogP contribution in [0.3, 0.4) is 0 Å². The Kier molecular flexibility index (Phi) is 4.45. The Bertz CT molecular complexity index is 912. The molecule has 0 amide bonds. The summed E-state index contributed by atoms with van der Waals surface area (Å²) >= 11 is 0. The smallest absolute Gasteiger partial charge is 0.316 e. The Hall–Kier alpha value is -2.88. The maximum absolute atomic E-state index is 12.7. The van der Waals surface area contributed by atoms with Crippen LogP contribution in [-0.4, -0.2) is 11.8 Å². The van der Waals surface area contributed by atoms with Crippen LogP contribution >= 0.6 is 0 Å². The zero-order chi connectivity index (χ0) is 19.1. The lowest BCUT2D eigenvalue weighted by molar-refractivity contribution is -0.143. The molecule has 4 heteroatoms. The molecule has 0 aromatic heterocycles. The molecular formula is C22H22O4. The fourth-order valence-corrected chi connectivity index (χ4v) is 2.61. The second kappa shape index (κ2) is 6.45. The summed E-state index contributed by atoms with van der Waals surface area (Å²) in [7, 11) is 0. The van der Waals surface area contributed by atoms with Crippen molar-refractivity contribution in [1.29, 1.82) is 0 Å². The molecule has 0 saturated carbocycles. The Balaban J connectivity index is 1.91. The molecule has 134 valence electrons. The number of rotatable bonds is 2. The molecule has 1 aliphatic heterocycles. The number of ketones is 1. The van der Waals surface area contributed by atoms with E-state index in [1.165, 1.54) is 0 Å². The number of fused-ring (bicyclic) bond motifs is 1. The SMILES string of the molecule is Cc1ccc(/C=C2\Oc3cc(OC(=O)C(C)(C)C)cc(C)c3C2=O)cc1. The van der Waals surface area contributed by atoms with E-state index in [1.807, 2.05) is 38.1 Å². The minimum absolute atomic E-state index is 0.160. The molecule has 2 aromatic carbocycles. The van der Waals surface area contributed by atoms with Crippen molar-refractivity contribution in [2.75, 3.05) is 0 Å². The van der Waals surface area contributed by atoms with Gasteiger partial charge >= 0.3 is 5.97 Å². The topological polar surface area (TPSA) is 52.6 Å². The predicted octanol–water partition coefficient (Wildman–Crippen LogP) is 4.87. The maximum atomic E-state index is 12.7. The number of benzene rings is 2. The van der Waals surface area contributed by atoms with Crippen molar-refractivity contribution in [3.8, 4) is 11.5 Å². The zero-order valence-electron chi connectivity index (χ0n) is 15.7. The monoisotopic (exact) mass is 350 g/mol. The van der Waals surface area contributed by atoms with Crippen LogP contribution < -0.4 is 9.47 Å². The number of esters is 1. The van der Waals surface area contributed by atoms with Gasteiger partial charge in [0.1, 0.15) is 11.5 Å². The molecule has 0 radical (unpaired) electrons. The number of Topliss-reactive ketones (excluding diaryl/α,β-unsaturated/α-hetero) is 1. The Labute approximate surface area is 153 Å². The largest absolute Gasteiger partial charge is 0.452 e. The van der Waals surface area contributed by atoms with Crippen LogP contribution in [0.4, 0.5) is 0 Å². The molecule has 0 fully saturated rings. The van der Waals surface area contributed by atoms with Crippen LogP contribution in [0.15, 0.2) is 42.2 Å². The molecule has 26 heavy (non-hydrogen) atoms. The molecule has 0 bridgehead atoms. The number of hydrogen-bond donors (Lipinski definition) is 0. The van der Waals surface area contributed by atoms with Gasteiger partial charge in [-0.15, -0.1) is 0 Å². The van der Waals surface area contributed by atoms with Crippen molar-refractivity contribution in [2.24, 2.45) is 5.41 Å². The van der Waals surface area contributed by atoms with Gasteiger partial charge in [0.2, 0.25) is 5.78 Å². The fraction of sp³-hybridized carbons (Fsp3) is 0.273. The number of allylic oxidation sites excluding steroid dienone is 1. The molecule has 0 N–H and O–H groups in total. The first-order chi connectivity index (χ1) is 12.1. The van der Waals surface area contributed by atoms with Crippen LogP contribution in [-0.2, 0) is 4.79 Å². The first kappa shape index (κ1) is 17.9. The van der Waals surface area contributed by atoms with Gasteiger partial charge in [0, 0.05) is 6.07 Å². The summed E-state index contributed by atoms with van der Waals surface area (Å²) in [6.07, 6.45) is 1.72. The lowest BCUT2D eigenvalue weighted by atomic mass is 9.97. The first-order valence-electron chi connectivity index (χ1n) is 8.53. The first-order valence-corrected chi connectivity index (χ1v) is 8.53. The number of hydrogen-bond acceptors (Lipinski definition) is 4. The lowest BCUT2D eigenvalue weighted by Gasteiger charge is -2.16. The molecule has 0 saturated heterocycles. The molecule has 0 spiro atoms. The minimum atomic E-state index is -0.611. The van der Waals surface area contributed by atoms with Crippen molar-refractivity contribution in [1.82, 2.24) is 0 Å². The second-order valence-electron chi connectivity index (χ2n) is 7.60. The minimum Gasteiger partial charge on any atom is -0.452 e. The zero-order valence-corrected chi connectivity index (χ0v) is 15.7. The van der Waals surface area contributed by atoms with E-state index in [4.69, 9.17) is 9.47 Å². The third-order valence-electron chi connectivity index (χ3n) is 4.14. The highest BCUT2D eigenvalue weighted by Crippen LogP contribution is 2.38. The van der Waals surface area contributed by atoms with Gasteiger partial charge in [-0.05, 0) is 57.9 Å². The Morgan fingerprint density at radius 2 is 1.73 bits per heavy atom. The number of carbonyl (C=O) groups is 2. The highest BCUT2D eigenvalue weighted by atomic mass is 16.5. The van der Waals surface area contributed by atoms with E-state index in [9.17, 15) is 9.59 Å². The number of aryl methyl sites for hydroxylation is 2. The summed E-state index contributed by atoms with van der Waals surface area (Å²) in [4.78, 5) is 24.8. The number of carbonyl (C=O) groups excluding carboxylic acids is 2. The third-order valence-corrected chi connectivity index (χ3v) is 4.14. The van der Waals surface area contributed by atoms with Crippen LogP contribution in [0.25, 0.3) is 6.08 Å². The van der Waals surface area contributed by atoms with Crippen molar-refractivity contribution in [2.45, 2.75) is 34.6 Å². The molecule has 0 aliphatic carbocycles. The normalized spacial score (nSPS) is 15.0. The number of ether oxygens (including phenoxy) is 2. The predicted molar refractivity (Wildman–Crippen MR) is 100 cm³/mol. The average molecular weight is 350 g/mol. The van der Waals surface area contributed by atoms with E-state index in [1.54, 1.807) is 39.0 Å². The summed E-state index contributed by atoms with van der Waals surface area (Å²) in [6.45, 7) is 9.19. The van der Waals surface area contributed by atoms with E-state index in [-0.39, 0.29) is 17.5 Å². The van der Waals surface area contributed by atoms with E-state index >= 15 is 0 Å². The summed E-state index contributed by atoms with van der Waals surface area (Å²) in [5.74, 6) is 0.574. The van der Waals surface area contributed by atoms with Gasteiger partial charge in [0.15, 0.2) is 5.76 Å². The van der Waals surface area contributed by atoms with E-state index < -0.39 is 5.41 Å². The quantitative estimate of drug-likeness (QED) is 0.440. The highest BCUT2D eigenvalue weighted by Gasteiger charge is 2.31. The van der Waals surface area contributed by atoms with Gasteiger partial charge in [-0.1, -0.05) is 29.8 Å². The molecule has 4 nitrogen and oxygen atoms in total. The molecule has 1 aliphatic rings. The van der Waals surface area contributed by atoms with Crippen molar-refractivity contribution in [3.63, 3.8) is 0 Å². The Morgan fingerprint density at radius 3 is 2.35 bits per heavy atom. The van der Waals surface area contributed by atoms with Gasteiger partial charge in [-0.3, -0.25) is 9.59 Å². The van der Waals surface area contributed by atoms with E-state index in [2.05, 4.69) is 0 Å².